The third kappa shape index (κ3) is 8.32. The molecule has 2 aromatic rings. The van der Waals surface area contributed by atoms with Crippen molar-refractivity contribution in [3.05, 3.63) is 52.8 Å². The molecule has 56 heavy (non-hydrogen) atoms. The quantitative estimate of drug-likeness (QED) is 0.0460. The van der Waals surface area contributed by atoms with E-state index in [1.807, 2.05) is 0 Å². The fourth-order valence-electron chi connectivity index (χ4n) is 7.04. The van der Waals surface area contributed by atoms with Crippen LogP contribution in [0.1, 0.15) is 70.0 Å². The Morgan fingerprint density at radius 3 is 2.32 bits per heavy atom. The Labute approximate surface area is 325 Å². The summed E-state index contributed by atoms with van der Waals surface area (Å²) in [6.45, 7) is 12.0. The average Bonchev–Trinajstić information content (AvgIpc) is 3.42. The summed E-state index contributed by atoms with van der Waals surface area (Å²) < 4.78 is 23.4. The number of phenols is 3. The Morgan fingerprint density at radius 2 is 1.70 bits per heavy atom. The molecule has 1 amide bonds. The van der Waals surface area contributed by atoms with Crippen LogP contribution < -0.4 is 10.1 Å². The first-order valence-corrected chi connectivity index (χ1v) is 18.0. The molecule has 15 heteroatoms. The molecule has 5 bridgehead atoms. The van der Waals surface area contributed by atoms with Crippen molar-refractivity contribution in [2.24, 2.45) is 28.8 Å². The minimum atomic E-state index is -2.07. The van der Waals surface area contributed by atoms with Crippen LogP contribution in [0.4, 0.5) is 5.69 Å². The Bertz CT molecular complexity index is 2030. The van der Waals surface area contributed by atoms with E-state index in [2.05, 4.69) is 16.4 Å². The van der Waals surface area contributed by atoms with E-state index in [0.717, 1.165) is 6.21 Å². The number of amides is 1. The molecular weight excluding hydrogens is 728 g/mol. The van der Waals surface area contributed by atoms with Crippen LogP contribution in [0.2, 0.25) is 0 Å². The molecule has 0 aliphatic carbocycles. The van der Waals surface area contributed by atoms with Gasteiger partial charge in [0.15, 0.2) is 12.4 Å². The lowest BCUT2D eigenvalue weighted by Gasteiger charge is -2.38. The van der Waals surface area contributed by atoms with Gasteiger partial charge in [0, 0.05) is 61.2 Å². The molecule has 3 aliphatic rings. The Balaban J connectivity index is 1.97. The summed E-state index contributed by atoms with van der Waals surface area (Å²) in [5.74, 6) is -6.64. The maximum absolute atomic E-state index is 14.3. The first-order chi connectivity index (χ1) is 26.3. The topological polar surface area (TPSA) is 223 Å². The van der Waals surface area contributed by atoms with Gasteiger partial charge in [-0.2, -0.15) is 0 Å². The number of phenolic OH excluding ortho intramolecular Hbond substituents is 3. The van der Waals surface area contributed by atoms with Gasteiger partial charge in [-0.3, -0.25) is 14.4 Å². The maximum atomic E-state index is 14.3. The first kappa shape index (κ1) is 43.2. The van der Waals surface area contributed by atoms with Gasteiger partial charge in [0.1, 0.15) is 23.4 Å². The highest BCUT2D eigenvalue weighted by molar-refractivity contribution is 6.23. The van der Waals surface area contributed by atoms with Crippen molar-refractivity contribution in [2.75, 3.05) is 19.0 Å². The maximum Gasteiger partial charge on any atom is 0.312 e. The second-order valence-corrected chi connectivity index (χ2v) is 14.3. The number of hydrogen-bond acceptors (Lipinski definition) is 14. The number of ether oxygens (including phenoxy) is 4. The number of nitrogens with zero attached hydrogens (tertiary/aromatic N) is 1. The summed E-state index contributed by atoms with van der Waals surface area (Å²) in [5, 5.41) is 63.2. The number of aliphatic hydroxyl groups is 2. The number of allylic oxidation sites excluding steroid dienone is 2. The van der Waals surface area contributed by atoms with Crippen molar-refractivity contribution in [1.82, 2.24) is 0 Å². The minimum absolute atomic E-state index is 0.0142. The molecule has 5 rings (SSSR count). The number of aromatic hydroxyl groups is 3. The molecule has 2 aromatic carbocycles. The van der Waals surface area contributed by atoms with Crippen LogP contribution in [-0.2, 0) is 28.6 Å². The van der Waals surface area contributed by atoms with E-state index in [1.165, 1.54) is 53.2 Å². The van der Waals surface area contributed by atoms with Crippen LogP contribution in [0.25, 0.3) is 10.8 Å². The minimum Gasteiger partial charge on any atom is -0.507 e. The van der Waals surface area contributed by atoms with Gasteiger partial charge in [0.05, 0.1) is 53.0 Å². The van der Waals surface area contributed by atoms with Crippen molar-refractivity contribution in [2.45, 2.75) is 85.6 Å². The summed E-state index contributed by atoms with van der Waals surface area (Å²) in [6, 6.07) is 0. The van der Waals surface area contributed by atoms with Crippen LogP contribution in [0.15, 0.2) is 41.3 Å². The van der Waals surface area contributed by atoms with Gasteiger partial charge in [-0.25, -0.2) is 0 Å². The van der Waals surface area contributed by atoms with Gasteiger partial charge in [-0.1, -0.05) is 57.0 Å². The van der Waals surface area contributed by atoms with E-state index in [4.69, 9.17) is 30.2 Å². The number of nitrogens with one attached hydrogen (secondary N) is 1. The molecule has 0 saturated carbocycles. The van der Waals surface area contributed by atoms with E-state index >= 15 is 0 Å². The molecule has 302 valence electrons. The summed E-state index contributed by atoms with van der Waals surface area (Å²) in [5.41, 5.74) is -0.792. The number of methoxy groups -OCH3 is 1. The molecular formula is C41H50N2O13. The molecule has 3 aliphatic heterocycles. The number of rotatable bonds is 5. The standard InChI is InChI=1S/C41H50N2O13/c1-11-16-54-42-18-26-31-36(49)29-28(35(26)48)30-38(24(7)34(29)47)56-41(9,39(30)50)53-17-15-27(52-10)21(4)37(55-25(8)44)23(6)33(46)22(5)32(45)19(2)13-12-14-20(3)40(51)43-31/h1,12-15,17-19,21-23,27,32-33,37,45-49H,16H2,2-10H3,(H,43,51)/b13-12+,17-15+,20-14+,42-18+. The average molecular weight is 779 g/mol. The molecule has 0 spiro atoms. The van der Waals surface area contributed by atoms with Crippen LogP contribution >= 0.6 is 0 Å². The Morgan fingerprint density at radius 1 is 1.02 bits per heavy atom. The van der Waals surface area contributed by atoms with Crippen molar-refractivity contribution in [1.29, 1.82) is 0 Å². The summed E-state index contributed by atoms with van der Waals surface area (Å²) >= 11 is 0. The number of fused-ring (bicyclic) bond motifs is 14. The zero-order chi connectivity index (χ0) is 41.8. The van der Waals surface area contributed by atoms with E-state index in [9.17, 15) is 39.9 Å². The normalized spacial score (nSPS) is 30.9. The lowest BCUT2D eigenvalue weighted by Crippen LogP contribution is -2.46. The molecule has 6 N–H and O–H groups in total. The highest BCUT2D eigenvalue weighted by Crippen LogP contribution is 2.55. The van der Waals surface area contributed by atoms with Crippen LogP contribution in [0.3, 0.4) is 0 Å². The Kier molecular flexibility index (Phi) is 13.5. The number of terminal acetylenes is 1. The molecule has 3 heterocycles. The number of ketones is 1. The fourth-order valence-corrected chi connectivity index (χ4v) is 7.04. The van der Waals surface area contributed by atoms with Crippen molar-refractivity contribution < 1.29 is 63.7 Å². The number of carbonyl (C=O) groups excluding carboxylic acids is 3. The number of esters is 1. The molecule has 0 saturated heterocycles. The SMILES string of the molecule is C#CCO/N=C/c1c2c(O)c3c(O)c(C)c4c(c3c1O)C(=O)C(C)(O/C=C/C(OC)C(C)C(OC(C)=O)C(C)C(O)C(C)C(O)C(C)/C=C/C=C(\C)C(=O)N2)O4. The largest absolute Gasteiger partial charge is 0.507 e. The smallest absolute Gasteiger partial charge is 0.312 e. The lowest BCUT2D eigenvalue weighted by molar-refractivity contribution is -0.160. The summed E-state index contributed by atoms with van der Waals surface area (Å²) in [7, 11) is 1.42. The van der Waals surface area contributed by atoms with Crippen LogP contribution in [-0.4, -0.2) is 93.3 Å². The molecule has 0 radical (unpaired) electrons. The van der Waals surface area contributed by atoms with Gasteiger partial charge in [-0.15, -0.1) is 6.42 Å². The highest BCUT2D eigenvalue weighted by Gasteiger charge is 2.50. The number of Topliss-reactive ketones (excluding diaryl/α,β-unsaturated/α-hetero) is 1. The lowest BCUT2D eigenvalue weighted by atomic mass is 9.78. The molecule has 0 fully saturated rings. The third-order valence-corrected chi connectivity index (χ3v) is 10.4. The van der Waals surface area contributed by atoms with Crippen molar-refractivity contribution >= 4 is 40.3 Å². The molecule has 9 unspecified atom stereocenters. The number of hydrogen-bond donors (Lipinski definition) is 6. The number of benzene rings is 2. The van der Waals surface area contributed by atoms with Gasteiger partial charge >= 0.3 is 11.8 Å². The van der Waals surface area contributed by atoms with Gasteiger partial charge in [-0.05, 0) is 19.9 Å². The van der Waals surface area contributed by atoms with Gasteiger partial charge < -0.3 is 54.6 Å². The Hall–Kier alpha value is -5.56. The van der Waals surface area contributed by atoms with E-state index in [-0.39, 0.29) is 51.1 Å². The molecule has 15 nitrogen and oxygen atoms in total. The monoisotopic (exact) mass is 778 g/mol. The van der Waals surface area contributed by atoms with Gasteiger partial charge in [0.25, 0.3) is 11.7 Å². The molecule has 0 aromatic heterocycles. The zero-order valence-corrected chi connectivity index (χ0v) is 32.8. The predicted molar refractivity (Wildman–Crippen MR) is 206 cm³/mol. The number of aliphatic hydroxyl groups excluding tert-OH is 2. The van der Waals surface area contributed by atoms with E-state index < -0.39 is 88.8 Å². The fraction of sp³-hybridized carbons (Fsp3) is 0.463. The second-order valence-electron chi connectivity index (χ2n) is 14.3. The number of oxime groups is 1. The van der Waals surface area contributed by atoms with Crippen LogP contribution in [0.5, 0.6) is 23.0 Å². The van der Waals surface area contributed by atoms with E-state index in [1.54, 1.807) is 39.8 Å². The zero-order valence-electron chi connectivity index (χ0n) is 32.8. The number of carbonyl (C=O) groups is 3. The summed E-state index contributed by atoms with van der Waals surface area (Å²) in [6.07, 6.45) is 9.55. The van der Waals surface area contributed by atoms with E-state index in [0.29, 0.717) is 0 Å². The van der Waals surface area contributed by atoms with Gasteiger partial charge in [0.2, 0.25) is 0 Å². The molecule has 9 atom stereocenters. The number of anilines is 1. The highest BCUT2D eigenvalue weighted by atomic mass is 16.7. The van der Waals surface area contributed by atoms with Crippen molar-refractivity contribution in [3.8, 4) is 35.3 Å². The van der Waals surface area contributed by atoms with Crippen molar-refractivity contribution in [3.63, 3.8) is 0 Å². The van der Waals surface area contributed by atoms with Crippen LogP contribution in [0, 0.1) is 42.9 Å². The predicted octanol–water partition coefficient (Wildman–Crippen LogP) is 4.74. The second kappa shape index (κ2) is 17.5. The third-order valence-electron chi connectivity index (χ3n) is 10.4. The summed E-state index contributed by atoms with van der Waals surface area (Å²) in [4.78, 5) is 45.1. The first-order valence-electron chi connectivity index (χ1n) is 18.0.